The largest absolute Gasteiger partial charge is 0.497 e. The van der Waals surface area contributed by atoms with Crippen LogP contribution in [0.25, 0.3) is 10.9 Å². The molecular formula is C20H27N3OS. The first kappa shape index (κ1) is 16.8. The Balaban J connectivity index is 1.67. The smallest absolute Gasteiger partial charge is 0.121 e. The molecule has 0 spiro atoms. The Labute approximate surface area is 153 Å². The van der Waals surface area contributed by atoms with E-state index in [-0.39, 0.29) is 0 Å². The molecule has 134 valence electrons. The molecule has 1 aliphatic carbocycles. The topological polar surface area (TPSA) is 49.4 Å². The van der Waals surface area contributed by atoms with E-state index < -0.39 is 0 Å². The molecule has 1 atom stereocenters. The van der Waals surface area contributed by atoms with Crippen LogP contribution in [0.1, 0.15) is 51.1 Å². The molecule has 1 aromatic carbocycles. The average molecular weight is 358 g/mol. The van der Waals surface area contributed by atoms with Crippen molar-refractivity contribution in [2.24, 2.45) is 4.99 Å². The van der Waals surface area contributed by atoms with Crippen molar-refractivity contribution >= 4 is 33.4 Å². The van der Waals surface area contributed by atoms with E-state index in [0.29, 0.717) is 12.1 Å². The number of aromatic nitrogens is 1. The molecule has 2 aliphatic rings. The van der Waals surface area contributed by atoms with E-state index in [0.717, 1.165) is 27.9 Å². The lowest BCUT2D eigenvalue weighted by Crippen LogP contribution is -2.14. The number of aliphatic imine (C=N–C) groups is 1. The summed E-state index contributed by atoms with van der Waals surface area (Å²) in [5.41, 5.74) is 3.47. The summed E-state index contributed by atoms with van der Waals surface area (Å²) in [7, 11) is 1.74. The van der Waals surface area contributed by atoms with Gasteiger partial charge in [-0.05, 0) is 31.4 Å². The fraction of sp³-hybridized carbons (Fsp3) is 0.550. The fourth-order valence-corrected chi connectivity index (χ4v) is 4.98. The van der Waals surface area contributed by atoms with E-state index in [4.69, 9.17) is 9.73 Å². The van der Waals surface area contributed by atoms with Gasteiger partial charge in [0.05, 0.1) is 30.0 Å². The zero-order valence-electron chi connectivity index (χ0n) is 15.1. The number of anilines is 1. The minimum atomic E-state index is 0.474. The Kier molecular flexibility index (Phi) is 4.93. The number of methoxy groups -OCH3 is 1. The molecule has 2 heterocycles. The van der Waals surface area contributed by atoms with Gasteiger partial charge in [0.2, 0.25) is 0 Å². The zero-order valence-corrected chi connectivity index (χ0v) is 15.9. The molecule has 4 nitrogen and oxygen atoms in total. The SMILES string of the molecule is CCCC1CSC(c2cc3cc(OC)cc(NC4CCCC4)c3[nH]2)=N1. The van der Waals surface area contributed by atoms with Crippen LogP contribution in [0.5, 0.6) is 5.75 Å². The van der Waals surface area contributed by atoms with Crippen molar-refractivity contribution in [2.75, 3.05) is 18.2 Å². The van der Waals surface area contributed by atoms with E-state index in [9.17, 15) is 0 Å². The number of nitrogens with zero attached hydrogens (tertiary/aromatic N) is 1. The van der Waals surface area contributed by atoms with Crippen molar-refractivity contribution in [1.29, 1.82) is 0 Å². The van der Waals surface area contributed by atoms with Gasteiger partial charge >= 0.3 is 0 Å². The fourth-order valence-electron chi connectivity index (χ4n) is 3.90. The molecule has 0 radical (unpaired) electrons. The Hall–Kier alpha value is -1.62. The second-order valence-electron chi connectivity index (χ2n) is 7.14. The van der Waals surface area contributed by atoms with E-state index in [1.54, 1.807) is 7.11 Å². The normalized spacial score (nSPS) is 21.0. The van der Waals surface area contributed by atoms with Crippen molar-refractivity contribution in [2.45, 2.75) is 57.5 Å². The first-order chi connectivity index (χ1) is 12.3. The lowest BCUT2D eigenvalue weighted by Gasteiger charge is -2.15. The van der Waals surface area contributed by atoms with Crippen LogP contribution in [0.2, 0.25) is 0 Å². The van der Waals surface area contributed by atoms with Gasteiger partial charge in [0, 0.05) is 23.2 Å². The van der Waals surface area contributed by atoms with E-state index in [1.807, 2.05) is 11.8 Å². The van der Waals surface area contributed by atoms with Crippen LogP contribution in [0, 0.1) is 0 Å². The van der Waals surface area contributed by atoms with Gasteiger partial charge in [-0.3, -0.25) is 4.99 Å². The molecule has 1 fully saturated rings. The molecule has 5 heteroatoms. The zero-order chi connectivity index (χ0) is 17.2. The lowest BCUT2D eigenvalue weighted by molar-refractivity contribution is 0.415. The van der Waals surface area contributed by atoms with Crippen LogP contribution in [-0.4, -0.2) is 35.0 Å². The number of thioether (sulfide) groups is 1. The van der Waals surface area contributed by atoms with Gasteiger partial charge in [-0.15, -0.1) is 11.8 Å². The van der Waals surface area contributed by atoms with E-state index in [2.05, 4.69) is 35.4 Å². The van der Waals surface area contributed by atoms with Gasteiger partial charge in [-0.25, -0.2) is 0 Å². The third-order valence-corrected chi connectivity index (χ3v) is 6.37. The van der Waals surface area contributed by atoms with Crippen molar-refractivity contribution in [3.63, 3.8) is 0 Å². The highest BCUT2D eigenvalue weighted by Crippen LogP contribution is 2.34. The van der Waals surface area contributed by atoms with Crippen LogP contribution in [0.3, 0.4) is 0 Å². The van der Waals surface area contributed by atoms with Crippen molar-refractivity contribution < 1.29 is 4.74 Å². The monoisotopic (exact) mass is 357 g/mol. The maximum absolute atomic E-state index is 5.52. The number of benzene rings is 1. The summed E-state index contributed by atoms with van der Waals surface area (Å²) < 4.78 is 5.52. The summed E-state index contributed by atoms with van der Waals surface area (Å²) in [6.07, 6.45) is 7.54. The van der Waals surface area contributed by atoms with Crippen molar-refractivity contribution in [3.8, 4) is 5.75 Å². The van der Waals surface area contributed by atoms with Crippen LogP contribution >= 0.6 is 11.8 Å². The third-order valence-electron chi connectivity index (χ3n) is 5.22. The highest BCUT2D eigenvalue weighted by atomic mass is 32.2. The molecule has 1 aliphatic heterocycles. The van der Waals surface area contributed by atoms with Crippen LogP contribution in [-0.2, 0) is 0 Å². The van der Waals surface area contributed by atoms with E-state index in [1.165, 1.54) is 49.4 Å². The number of rotatable bonds is 6. The first-order valence-electron chi connectivity index (χ1n) is 9.45. The van der Waals surface area contributed by atoms with Crippen LogP contribution in [0.15, 0.2) is 23.2 Å². The molecular weight excluding hydrogens is 330 g/mol. The molecule has 1 unspecified atom stereocenters. The minimum Gasteiger partial charge on any atom is -0.497 e. The lowest BCUT2D eigenvalue weighted by atomic mass is 10.1. The number of nitrogens with one attached hydrogen (secondary N) is 2. The standard InChI is InChI=1S/C20H27N3OS/c1-3-6-15-12-25-20(22-15)18-10-13-9-16(24-2)11-17(19(13)23-18)21-14-7-4-5-8-14/h9-11,14-15,21,23H,3-8,12H2,1-2H3. The molecule has 4 rings (SSSR count). The first-order valence-corrected chi connectivity index (χ1v) is 10.4. The van der Waals surface area contributed by atoms with Gasteiger partial charge in [0.1, 0.15) is 10.8 Å². The molecule has 2 aromatic rings. The van der Waals surface area contributed by atoms with Crippen molar-refractivity contribution in [1.82, 2.24) is 4.98 Å². The minimum absolute atomic E-state index is 0.474. The number of hydrogen-bond acceptors (Lipinski definition) is 4. The number of aromatic amines is 1. The summed E-state index contributed by atoms with van der Waals surface area (Å²) in [6, 6.07) is 7.50. The Morgan fingerprint density at radius 1 is 1.28 bits per heavy atom. The summed E-state index contributed by atoms with van der Waals surface area (Å²) in [5.74, 6) is 2.01. The Morgan fingerprint density at radius 2 is 2.12 bits per heavy atom. The molecule has 0 bridgehead atoms. The third kappa shape index (κ3) is 3.52. The summed E-state index contributed by atoms with van der Waals surface area (Å²) in [6.45, 7) is 2.23. The molecule has 1 aromatic heterocycles. The molecule has 25 heavy (non-hydrogen) atoms. The summed E-state index contributed by atoms with van der Waals surface area (Å²) in [5, 5.41) is 6.08. The Morgan fingerprint density at radius 3 is 2.88 bits per heavy atom. The highest BCUT2D eigenvalue weighted by Gasteiger charge is 2.22. The second-order valence-corrected chi connectivity index (χ2v) is 8.14. The molecule has 1 saturated carbocycles. The molecule has 2 N–H and O–H groups in total. The van der Waals surface area contributed by atoms with Gasteiger partial charge in [0.25, 0.3) is 0 Å². The Bertz CT molecular complexity index is 777. The van der Waals surface area contributed by atoms with Crippen molar-refractivity contribution in [3.05, 3.63) is 23.9 Å². The average Bonchev–Trinajstić information content (AvgIpc) is 3.34. The predicted molar refractivity (Wildman–Crippen MR) is 108 cm³/mol. The highest BCUT2D eigenvalue weighted by molar-refractivity contribution is 8.14. The number of H-pyrrole nitrogens is 1. The molecule has 0 saturated heterocycles. The maximum atomic E-state index is 5.52. The molecule has 0 amide bonds. The summed E-state index contributed by atoms with van der Waals surface area (Å²) >= 11 is 1.87. The number of ether oxygens (including phenoxy) is 1. The predicted octanol–water partition coefficient (Wildman–Crippen LogP) is 5.19. The summed E-state index contributed by atoms with van der Waals surface area (Å²) in [4.78, 5) is 8.54. The van der Waals surface area contributed by atoms with Gasteiger partial charge in [-0.1, -0.05) is 26.2 Å². The van der Waals surface area contributed by atoms with Gasteiger partial charge in [-0.2, -0.15) is 0 Å². The van der Waals surface area contributed by atoms with Gasteiger partial charge < -0.3 is 15.0 Å². The van der Waals surface area contributed by atoms with E-state index >= 15 is 0 Å². The maximum Gasteiger partial charge on any atom is 0.121 e. The van der Waals surface area contributed by atoms with Crippen LogP contribution in [0.4, 0.5) is 5.69 Å². The van der Waals surface area contributed by atoms with Crippen LogP contribution < -0.4 is 10.1 Å². The van der Waals surface area contributed by atoms with Gasteiger partial charge in [0.15, 0.2) is 0 Å². The second kappa shape index (κ2) is 7.32. The number of fused-ring (bicyclic) bond motifs is 1. The number of hydrogen-bond donors (Lipinski definition) is 2. The quantitative estimate of drug-likeness (QED) is 0.748.